The molecule has 4 N–H and O–H groups in total. The topological polar surface area (TPSA) is 94.5 Å². The zero-order valence-corrected chi connectivity index (χ0v) is 23.7. The van der Waals surface area contributed by atoms with Crippen molar-refractivity contribution in [2.24, 2.45) is 5.73 Å². The van der Waals surface area contributed by atoms with Crippen LogP contribution in [0.15, 0.2) is 91.1 Å². The van der Waals surface area contributed by atoms with E-state index >= 15 is 0 Å². The normalized spacial score (nSPS) is 14.8. The molecule has 41 heavy (non-hydrogen) atoms. The average Bonchev–Trinajstić information content (AvgIpc) is 3.43. The van der Waals surface area contributed by atoms with E-state index in [4.69, 9.17) is 5.73 Å². The zero-order valence-electron chi connectivity index (χ0n) is 23.7. The fraction of sp³-hybridized carbons (Fsp3) is 0.353. The van der Waals surface area contributed by atoms with Gasteiger partial charge >= 0.3 is 0 Å². The van der Waals surface area contributed by atoms with E-state index in [2.05, 4.69) is 69.8 Å². The molecule has 7 nitrogen and oxygen atoms in total. The van der Waals surface area contributed by atoms with Crippen LogP contribution in [0.5, 0.6) is 0 Å². The molecule has 1 aromatic heterocycles. The molecule has 1 atom stereocenters. The Hall–Kier alpha value is -3.94. The molecule has 2 heterocycles. The number of fused-ring (bicyclic) bond motifs is 1. The summed E-state index contributed by atoms with van der Waals surface area (Å²) >= 11 is 0. The average molecular weight is 552 g/mol. The van der Waals surface area contributed by atoms with Gasteiger partial charge in [-0.25, -0.2) is 0 Å². The summed E-state index contributed by atoms with van der Waals surface area (Å²) in [5.74, 6) is -0.0896. The van der Waals surface area contributed by atoms with Gasteiger partial charge in [0, 0.05) is 56.1 Å². The first kappa shape index (κ1) is 28.6. The van der Waals surface area contributed by atoms with Crippen molar-refractivity contribution in [2.75, 3.05) is 32.7 Å². The summed E-state index contributed by atoms with van der Waals surface area (Å²) in [7, 11) is 0. The van der Waals surface area contributed by atoms with E-state index < -0.39 is 6.04 Å². The van der Waals surface area contributed by atoms with Crippen LogP contribution in [0.3, 0.4) is 0 Å². The zero-order chi connectivity index (χ0) is 28.4. The standard InChI is InChI=1S/C34H41N5O2/c35-19-11-3-8-18-32(40)37-31(24-28-25-36-30-17-10-9-16-29(28)30)34(41)39-22-20-38(21-23-39)33(26-12-4-1-5-13-26)27-14-6-2-7-15-27/h1-2,4-7,9-10,12-17,25,31,33,36H,3,8,11,18-24,35H2,(H,37,40). The van der Waals surface area contributed by atoms with Gasteiger partial charge in [0.05, 0.1) is 6.04 Å². The number of benzene rings is 3. The lowest BCUT2D eigenvalue weighted by Crippen LogP contribution is -2.56. The van der Waals surface area contributed by atoms with Gasteiger partial charge < -0.3 is 20.9 Å². The van der Waals surface area contributed by atoms with Crippen molar-refractivity contribution in [2.45, 2.75) is 44.2 Å². The van der Waals surface area contributed by atoms with Gasteiger partial charge in [0.15, 0.2) is 0 Å². The third kappa shape index (κ3) is 7.23. The predicted molar refractivity (Wildman–Crippen MR) is 164 cm³/mol. The fourth-order valence-corrected chi connectivity index (χ4v) is 5.90. The summed E-state index contributed by atoms with van der Waals surface area (Å²) in [6.45, 7) is 3.38. The Morgan fingerprint density at radius 3 is 2.10 bits per heavy atom. The number of hydrogen-bond donors (Lipinski definition) is 3. The van der Waals surface area contributed by atoms with Crippen LogP contribution in [0.2, 0.25) is 0 Å². The van der Waals surface area contributed by atoms with Crippen LogP contribution in [0.25, 0.3) is 10.9 Å². The van der Waals surface area contributed by atoms with E-state index in [0.717, 1.165) is 48.8 Å². The van der Waals surface area contributed by atoms with Gasteiger partial charge in [-0.1, -0.05) is 85.3 Å². The molecule has 1 saturated heterocycles. The third-order valence-corrected chi connectivity index (χ3v) is 8.06. The first-order chi connectivity index (χ1) is 20.1. The van der Waals surface area contributed by atoms with Gasteiger partial charge in [0.25, 0.3) is 0 Å². The molecule has 3 aromatic carbocycles. The summed E-state index contributed by atoms with van der Waals surface area (Å²) in [5.41, 5.74) is 10.2. The number of aromatic nitrogens is 1. The van der Waals surface area contributed by atoms with Crippen molar-refractivity contribution in [1.29, 1.82) is 0 Å². The number of carbonyl (C=O) groups is 2. The summed E-state index contributed by atoms with van der Waals surface area (Å²) in [5, 5.41) is 4.17. The molecule has 0 aliphatic carbocycles. The smallest absolute Gasteiger partial charge is 0.245 e. The van der Waals surface area contributed by atoms with Crippen LogP contribution >= 0.6 is 0 Å². The van der Waals surface area contributed by atoms with Crippen molar-refractivity contribution in [3.05, 3.63) is 108 Å². The largest absolute Gasteiger partial charge is 0.361 e. The number of unbranched alkanes of at least 4 members (excludes halogenated alkanes) is 2. The lowest BCUT2D eigenvalue weighted by Gasteiger charge is -2.40. The number of nitrogens with one attached hydrogen (secondary N) is 2. The van der Waals surface area contributed by atoms with Crippen LogP contribution in [0.1, 0.15) is 48.4 Å². The van der Waals surface area contributed by atoms with E-state index in [9.17, 15) is 9.59 Å². The molecule has 0 radical (unpaired) electrons. The Balaban J connectivity index is 1.29. The lowest BCUT2D eigenvalue weighted by atomic mass is 9.96. The second-order valence-corrected chi connectivity index (χ2v) is 10.9. The highest BCUT2D eigenvalue weighted by Gasteiger charge is 2.32. The molecule has 1 aliphatic rings. The van der Waals surface area contributed by atoms with E-state index in [1.54, 1.807) is 0 Å². The Labute approximate surface area is 242 Å². The molecule has 4 aromatic rings. The number of piperazine rings is 1. The van der Waals surface area contributed by atoms with Crippen LogP contribution in [0, 0.1) is 0 Å². The number of aromatic amines is 1. The SMILES string of the molecule is NCCCCCC(=O)NC(Cc1c[nH]c2ccccc12)C(=O)N1CCN(C(c2ccccc2)c2ccccc2)CC1. The maximum Gasteiger partial charge on any atom is 0.245 e. The number of para-hydroxylation sites is 1. The van der Waals surface area contributed by atoms with Crippen LogP contribution in [-0.4, -0.2) is 65.4 Å². The van der Waals surface area contributed by atoms with Gasteiger partial charge in [-0.3, -0.25) is 14.5 Å². The van der Waals surface area contributed by atoms with Crippen LogP contribution in [0.4, 0.5) is 0 Å². The maximum atomic E-state index is 14.0. The van der Waals surface area contributed by atoms with Crippen molar-refractivity contribution in [3.8, 4) is 0 Å². The van der Waals surface area contributed by atoms with Crippen molar-refractivity contribution in [1.82, 2.24) is 20.1 Å². The second-order valence-electron chi connectivity index (χ2n) is 10.9. The first-order valence-corrected chi connectivity index (χ1v) is 14.8. The molecule has 0 bridgehead atoms. The summed E-state index contributed by atoms with van der Waals surface area (Å²) in [6, 6.07) is 28.7. The summed E-state index contributed by atoms with van der Waals surface area (Å²) in [6.07, 6.45) is 5.41. The Kier molecular flexibility index (Phi) is 9.83. The maximum absolute atomic E-state index is 14.0. The van der Waals surface area contributed by atoms with Crippen molar-refractivity contribution < 1.29 is 9.59 Å². The fourth-order valence-electron chi connectivity index (χ4n) is 5.90. The number of nitrogens with zero attached hydrogens (tertiary/aromatic N) is 2. The lowest BCUT2D eigenvalue weighted by molar-refractivity contribution is -0.138. The summed E-state index contributed by atoms with van der Waals surface area (Å²) < 4.78 is 0. The molecule has 1 aliphatic heterocycles. The molecule has 214 valence electrons. The minimum absolute atomic E-state index is 0.0128. The van der Waals surface area contributed by atoms with E-state index in [1.165, 1.54) is 11.1 Å². The second kappa shape index (κ2) is 14.1. The first-order valence-electron chi connectivity index (χ1n) is 14.8. The van der Waals surface area contributed by atoms with Gasteiger partial charge in [0.2, 0.25) is 11.8 Å². The molecule has 1 fully saturated rings. The van der Waals surface area contributed by atoms with Gasteiger partial charge in [-0.15, -0.1) is 0 Å². The van der Waals surface area contributed by atoms with E-state index in [1.807, 2.05) is 41.4 Å². The number of hydrogen-bond acceptors (Lipinski definition) is 4. The number of rotatable bonds is 12. The molecular formula is C34H41N5O2. The van der Waals surface area contributed by atoms with E-state index in [0.29, 0.717) is 32.5 Å². The molecule has 0 saturated carbocycles. The minimum atomic E-state index is -0.609. The predicted octanol–water partition coefficient (Wildman–Crippen LogP) is 4.65. The highest BCUT2D eigenvalue weighted by atomic mass is 16.2. The van der Waals surface area contributed by atoms with Crippen LogP contribution < -0.4 is 11.1 Å². The van der Waals surface area contributed by atoms with Crippen molar-refractivity contribution in [3.63, 3.8) is 0 Å². The highest BCUT2D eigenvalue weighted by Crippen LogP contribution is 2.29. The number of nitrogens with two attached hydrogens (primary N) is 1. The van der Waals surface area contributed by atoms with Gasteiger partial charge in [-0.2, -0.15) is 0 Å². The Morgan fingerprint density at radius 1 is 0.805 bits per heavy atom. The van der Waals surface area contributed by atoms with Crippen LogP contribution in [-0.2, 0) is 16.0 Å². The Morgan fingerprint density at radius 2 is 1.44 bits per heavy atom. The Bertz CT molecular complexity index is 1360. The molecule has 7 heteroatoms. The molecule has 1 unspecified atom stereocenters. The van der Waals surface area contributed by atoms with Gasteiger partial charge in [-0.05, 0) is 42.1 Å². The molecule has 0 spiro atoms. The van der Waals surface area contributed by atoms with Crippen molar-refractivity contribution >= 4 is 22.7 Å². The third-order valence-electron chi connectivity index (χ3n) is 8.06. The highest BCUT2D eigenvalue weighted by molar-refractivity contribution is 5.89. The monoisotopic (exact) mass is 551 g/mol. The summed E-state index contributed by atoms with van der Waals surface area (Å²) in [4.78, 5) is 34.6. The van der Waals surface area contributed by atoms with E-state index in [-0.39, 0.29) is 17.9 Å². The molecule has 5 rings (SSSR count). The molecular weight excluding hydrogens is 510 g/mol. The number of H-pyrrole nitrogens is 1. The van der Waals surface area contributed by atoms with Gasteiger partial charge in [0.1, 0.15) is 6.04 Å². The minimum Gasteiger partial charge on any atom is -0.361 e. The number of amides is 2. The quantitative estimate of drug-likeness (QED) is 0.224. The number of carbonyl (C=O) groups excluding carboxylic acids is 2. The molecule has 2 amide bonds.